The Hall–Kier alpha value is -4.62. The highest BCUT2D eigenvalue weighted by Crippen LogP contribution is 2.49. The van der Waals surface area contributed by atoms with E-state index in [9.17, 15) is 0 Å². The Morgan fingerprint density at radius 2 is 1.05 bits per heavy atom. The monoisotopic (exact) mass is 487 g/mol. The Kier molecular flexibility index (Phi) is 5.19. The Morgan fingerprint density at radius 3 is 1.87 bits per heavy atom. The first-order valence-corrected chi connectivity index (χ1v) is 13.3. The molecule has 1 aliphatic carbocycles. The molecule has 1 nitrogen and oxygen atoms in total. The van der Waals surface area contributed by atoms with Crippen LogP contribution < -0.4 is 5.32 Å². The van der Waals surface area contributed by atoms with Crippen molar-refractivity contribution in [2.75, 3.05) is 5.32 Å². The van der Waals surface area contributed by atoms with Gasteiger partial charge in [0.2, 0.25) is 0 Å². The minimum atomic E-state index is 0.0230. The molecular weight excluding hydrogens is 458 g/mol. The van der Waals surface area contributed by atoms with E-state index in [1.807, 2.05) is 0 Å². The van der Waals surface area contributed by atoms with Gasteiger partial charge in [-0.2, -0.15) is 0 Å². The van der Waals surface area contributed by atoms with Gasteiger partial charge in [0, 0.05) is 16.8 Å². The number of benzene rings is 6. The molecule has 0 saturated heterocycles. The molecule has 1 aliphatic rings. The van der Waals surface area contributed by atoms with Gasteiger partial charge in [-0.05, 0) is 79.5 Å². The minimum absolute atomic E-state index is 0.0230. The highest BCUT2D eigenvalue weighted by atomic mass is 14.9. The topological polar surface area (TPSA) is 12.0 Å². The normalized spacial score (nSPS) is 13.2. The minimum Gasteiger partial charge on any atom is -0.355 e. The number of fused-ring (bicyclic) bond motifs is 4. The second kappa shape index (κ2) is 8.75. The molecule has 0 aromatic heterocycles. The summed E-state index contributed by atoms with van der Waals surface area (Å²) in [6.45, 7) is 4.64. The lowest BCUT2D eigenvalue weighted by Crippen LogP contribution is -2.14. The van der Waals surface area contributed by atoms with Crippen LogP contribution in [0.25, 0.3) is 44.2 Å². The maximum atomic E-state index is 3.70. The van der Waals surface area contributed by atoms with E-state index in [1.54, 1.807) is 0 Å². The van der Waals surface area contributed by atoms with Crippen molar-refractivity contribution in [1.29, 1.82) is 0 Å². The summed E-state index contributed by atoms with van der Waals surface area (Å²) in [4.78, 5) is 0. The first-order valence-electron chi connectivity index (χ1n) is 13.3. The number of anilines is 2. The Morgan fingerprint density at radius 1 is 0.447 bits per heavy atom. The zero-order valence-corrected chi connectivity index (χ0v) is 21.7. The fraction of sp³-hybridized carbons (Fsp3) is 0.0811. The third-order valence-electron chi connectivity index (χ3n) is 8.04. The summed E-state index contributed by atoms with van der Waals surface area (Å²) in [6, 6.07) is 48.2. The molecule has 0 amide bonds. The van der Waals surface area contributed by atoms with Crippen molar-refractivity contribution in [2.24, 2.45) is 0 Å². The smallest absolute Gasteiger partial charge is 0.0390 e. The number of hydrogen-bond donors (Lipinski definition) is 1. The fourth-order valence-electron chi connectivity index (χ4n) is 6.17. The molecule has 0 spiro atoms. The van der Waals surface area contributed by atoms with E-state index < -0.39 is 0 Å². The van der Waals surface area contributed by atoms with Crippen LogP contribution in [-0.2, 0) is 5.41 Å². The van der Waals surface area contributed by atoms with Crippen molar-refractivity contribution in [3.8, 4) is 33.4 Å². The second-order valence-electron chi connectivity index (χ2n) is 10.7. The van der Waals surface area contributed by atoms with E-state index in [0.717, 1.165) is 11.4 Å². The SMILES string of the molecule is CC1(C)c2ccccc2-c2cc(Nc3cccc(-c4cccc5cccc(-c6ccccc6)c45)c3)ccc21. The van der Waals surface area contributed by atoms with Crippen LogP contribution >= 0.6 is 0 Å². The van der Waals surface area contributed by atoms with E-state index in [-0.39, 0.29) is 5.41 Å². The summed E-state index contributed by atoms with van der Waals surface area (Å²) in [5, 5.41) is 6.24. The summed E-state index contributed by atoms with van der Waals surface area (Å²) in [5.74, 6) is 0. The second-order valence-corrected chi connectivity index (χ2v) is 10.7. The molecule has 1 N–H and O–H groups in total. The van der Waals surface area contributed by atoms with E-state index in [4.69, 9.17) is 0 Å². The highest BCUT2D eigenvalue weighted by molar-refractivity contribution is 6.06. The van der Waals surface area contributed by atoms with Crippen molar-refractivity contribution in [3.05, 3.63) is 145 Å². The molecule has 1 heteroatoms. The predicted molar refractivity (Wildman–Crippen MR) is 162 cm³/mol. The van der Waals surface area contributed by atoms with Gasteiger partial charge >= 0.3 is 0 Å². The van der Waals surface area contributed by atoms with Gasteiger partial charge in [-0.25, -0.2) is 0 Å². The van der Waals surface area contributed by atoms with Crippen LogP contribution in [0, 0.1) is 0 Å². The van der Waals surface area contributed by atoms with Gasteiger partial charge in [-0.3, -0.25) is 0 Å². The maximum absolute atomic E-state index is 3.70. The summed E-state index contributed by atoms with van der Waals surface area (Å²) < 4.78 is 0. The van der Waals surface area contributed by atoms with Crippen LogP contribution in [0.15, 0.2) is 133 Å². The lowest BCUT2D eigenvalue weighted by molar-refractivity contribution is 0.660. The van der Waals surface area contributed by atoms with Gasteiger partial charge < -0.3 is 5.32 Å². The summed E-state index contributed by atoms with van der Waals surface area (Å²) in [6.07, 6.45) is 0. The zero-order valence-electron chi connectivity index (χ0n) is 21.7. The average Bonchev–Trinajstić information content (AvgIpc) is 3.19. The fourth-order valence-corrected chi connectivity index (χ4v) is 6.17. The van der Waals surface area contributed by atoms with E-state index >= 15 is 0 Å². The van der Waals surface area contributed by atoms with Crippen molar-refractivity contribution < 1.29 is 0 Å². The lowest BCUT2D eigenvalue weighted by Gasteiger charge is -2.21. The first kappa shape index (κ1) is 22.6. The van der Waals surface area contributed by atoms with Crippen LogP contribution in [0.5, 0.6) is 0 Å². The van der Waals surface area contributed by atoms with Crippen LogP contribution in [0.1, 0.15) is 25.0 Å². The Balaban J connectivity index is 1.29. The average molecular weight is 488 g/mol. The number of hydrogen-bond acceptors (Lipinski definition) is 1. The van der Waals surface area contributed by atoms with Crippen molar-refractivity contribution in [3.63, 3.8) is 0 Å². The third-order valence-corrected chi connectivity index (χ3v) is 8.04. The summed E-state index contributed by atoms with van der Waals surface area (Å²) in [7, 11) is 0. The zero-order chi connectivity index (χ0) is 25.7. The van der Waals surface area contributed by atoms with Crippen LogP contribution in [-0.4, -0.2) is 0 Å². The molecule has 0 radical (unpaired) electrons. The van der Waals surface area contributed by atoms with E-state index in [1.165, 1.54) is 55.3 Å². The van der Waals surface area contributed by atoms with Crippen LogP contribution in [0.4, 0.5) is 11.4 Å². The third kappa shape index (κ3) is 3.63. The van der Waals surface area contributed by atoms with Crippen molar-refractivity contribution in [2.45, 2.75) is 19.3 Å². The molecule has 6 aromatic rings. The summed E-state index contributed by atoms with van der Waals surface area (Å²) in [5.41, 5.74) is 12.6. The van der Waals surface area contributed by atoms with Gasteiger partial charge in [-0.15, -0.1) is 0 Å². The first-order chi connectivity index (χ1) is 18.6. The molecule has 0 bridgehead atoms. The highest BCUT2D eigenvalue weighted by Gasteiger charge is 2.35. The van der Waals surface area contributed by atoms with Gasteiger partial charge in [0.25, 0.3) is 0 Å². The number of rotatable bonds is 4. The number of nitrogens with one attached hydrogen (secondary N) is 1. The standard InChI is InChI=1S/C37H29N/c1-37(2)34-20-7-6-17-32(34)33-24-29(21-22-35(33)37)38-28-16-8-15-27(23-28)31-19-10-14-26-13-9-18-30(36(26)31)25-11-4-3-5-12-25/h3-24,38H,1-2H3. The van der Waals surface area contributed by atoms with Gasteiger partial charge in [0.15, 0.2) is 0 Å². The Bertz CT molecular complexity index is 1810. The molecule has 0 fully saturated rings. The molecule has 182 valence electrons. The molecule has 0 heterocycles. The molecular formula is C37H29N. The van der Waals surface area contributed by atoms with E-state index in [2.05, 4.69) is 153 Å². The van der Waals surface area contributed by atoms with Crippen LogP contribution in [0.3, 0.4) is 0 Å². The molecule has 0 atom stereocenters. The lowest BCUT2D eigenvalue weighted by atomic mass is 9.82. The molecule has 0 unspecified atom stereocenters. The molecule has 38 heavy (non-hydrogen) atoms. The predicted octanol–water partition coefficient (Wildman–Crippen LogP) is 10.2. The quantitative estimate of drug-likeness (QED) is 0.261. The molecule has 0 saturated carbocycles. The molecule has 7 rings (SSSR count). The van der Waals surface area contributed by atoms with E-state index in [0.29, 0.717) is 0 Å². The van der Waals surface area contributed by atoms with Gasteiger partial charge in [-0.1, -0.05) is 123 Å². The molecule has 0 aliphatic heterocycles. The van der Waals surface area contributed by atoms with Gasteiger partial charge in [0.1, 0.15) is 0 Å². The maximum Gasteiger partial charge on any atom is 0.0390 e. The van der Waals surface area contributed by atoms with Crippen molar-refractivity contribution in [1.82, 2.24) is 0 Å². The van der Waals surface area contributed by atoms with Crippen LogP contribution in [0.2, 0.25) is 0 Å². The van der Waals surface area contributed by atoms with Crippen molar-refractivity contribution >= 4 is 22.1 Å². The Labute approximate surface area is 224 Å². The molecule has 6 aromatic carbocycles. The summed E-state index contributed by atoms with van der Waals surface area (Å²) >= 11 is 0. The van der Waals surface area contributed by atoms with Gasteiger partial charge in [0.05, 0.1) is 0 Å². The largest absolute Gasteiger partial charge is 0.355 e.